The molecule has 1 rings (SSSR count). The quantitative estimate of drug-likeness (QED) is 0.744. The first-order valence-electron chi connectivity index (χ1n) is 7.11. The minimum absolute atomic E-state index is 0.101. The summed E-state index contributed by atoms with van der Waals surface area (Å²) in [7, 11) is 0. The van der Waals surface area contributed by atoms with E-state index in [1.165, 1.54) is 0 Å². The van der Waals surface area contributed by atoms with E-state index < -0.39 is 6.10 Å². The van der Waals surface area contributed by atoms with E-state index in [-0.39, 0.29) is 12.0 Å². The highest BCUT2D eigenvalue weighted by Gasteiger charge is 2.13. The lowest BCUT2D eigenvalue weighted by Gasteiger charge is -2.15. The molecule has 1 amide bonds. The molecule has 0 heterocycles. The van der Waals surface area contributed by atoms with Crippen LogP contribution in [0.4, 0.5) is 0 Å². The highest BCUT2D eigenvalue weighted by atomic mass is 16.5. The normalized spacial score (nSPS) is 12.2. The predicted octanol–water partition coefficient (Wildman–Crippen LogP) is 2.69. The monoisotopic (exact) mass is 279 g/mol. The number of amides is 1. The van der Waals surface area contributed by atoms with Gasteiger partial charge in [0.1, 0.15) is 5.75 Å². The molecular weight excluding hydrogens is 254 g/mol. The van der Waals surface area contributed by atoms with E-state index in [0.29, 0.717) is 13.2 Å². The fourth-order valence-electron chi connectivity index (χ4n) is 1.69. The summed E-state index contributed by atoms with van der Waals surface area (Å²) in [4.78, 5) is 11.9. The standard InChI is InChI=1S/C16H25NO3/c1-12(2)19-10-6-9-17-16(18)14(4)20-15-8-5-7-13(3)11-15/h5,7-8,11-12,14H,6,9-10H2,1-4H3,(H,17,18)/t14-/m1/s1. The van der Waals surface area contributed by atoms with Crippen molar-refractivity contribution in [1.82, 2.24) is 5.32 Å². The first-order chi connectivity index (χ1) is 9.49. The zero-order chi connectivity index (χ0) is 15.0. The van der Waals surface area contributed by atoms with Crippen LogP contribution in [0.15, 0.2) is 24.3 Å². The molecule has 0 spiro atoms. The Morgan fingerprint density at radius 1 is 1.30 bits per heavy atom. The van der Waals surface area contributed by atoms with E-state index in [1.54, 1.807) is 6.92 Å². The first-order valence-corrected chi connectivity index (χ1v) is 7.11. The molecule has 0 aliphatic carbocycles. The van der Waals surface area contributed by atoms with Crippen molar-refractivity contribution in [1.29, 1.82) is 0 Å². The molecule has 4 heteroatoms. The second-order valence-electron chi connectivity index (χ2n) is 5.14. The molecule has 0 radical (unpaired) electrons. The van der Waals surface area contributed by atoms with Gasteiger partial charge in [0.05, 0.1) is 6.10 Å². The highest BCUT2D eigenvalue weighted by molar-refractivity contribution is 5.80. The van der Waals surface area contributed by atoms with Crippen molar-refractivity contribution in [2.24, 2.45) is 0 Å². The van der Waals surface area contributed by atoms with E-state index in [9.17, 15) is 4.79 Å². The van der Waals surface area contributed by atoms with Gasteiger partial charge in [-0.3, -0.25) is 4.79 Å². The molecular formula is C16H25NO3. The van der Waals surface area contributed by atoms with Crippen LogP contribution in [0.25, 0.3) is 0 Å². The SMILES string of the molecule is Cc1cccc(O[C@H](C)C(=O)NCCCOC(C)C)c1. The Morgan fingerprint density at radius 2 is 2.05 bits per heavy atom. The van der Waals surface area contributed by atoms with Gasteiger partial charge in [-0.2, -0.15) is 0 Å². The minimum Gasteiger partial charge on any atom is -0.481 e. The van der Waals surface area contributed by atoms with Gasteiger partial charge in [-0.25, -0.2) is 0 Å². The number of benzene rings is 1. The van der Waals surface area contributed by atoms with Crippen LogP contribution in [-0.2, 0) is 9.53 Å². The van der Waals surface area contributed by atoms with Gasteiger partial charge in [0, 0.05) is 13.2 Å². The van der Waals surface area contributed by atoms with Gasteiger partial charge in [-0.1, -0.05) is 12.1 Å². The van der Waals surface area contributed by atoms with E-state index in [4.69, 9.17) is 9.47 Å². The molecule has 1 aromatic rings. The van der Waals surface area contributed by atoms with Gasteiger partial charge < -0.3 is 14.8 Å². The smallest absolute Gasteiger partial charge is 0.260 e. The Hall–Kier alpha value is -1.55. The Bertz CT molecular complexity index is 418. The van der Waals surface area contributed by atoms with Crippen LogP contribution in [0.5, 0.6) is 5.75 Å². The summed E-state index contributed by atoms with van der Waals surface area (Å²) in [6, 6.07) is 7.68. The molecule has 0 saturated heterocycles. The molecule has 0 fully saturated rings. The lowest BCUT2D eigenvalue weighted by Crippen LogP contribution is -2.37. The van der Waals surface area contributed by atoms with E-state index in [2.05, 4.69) is 5.32 Å². The molecule has 1 atom stereocenters. The van der Waals surface area contributed by atoms with Crippen LogP contribution in [0.1, 0.15) is 32.8 Å². The van der Waals surface area contributed by atoms with Gasteiger partial charge in [-0.15, -0.1) is 0 Å². The maximum Gasteiger partial charge on any atom is 0.260 e. The summed E-state index contributed by atoms with van der Waals surface area (Å²) in [6.07, 6.45) is 0.540. The molecule has 0 aliphatic heterocycles. The summed E-state index contributed by atoms with van der Waals surface area (Å²) < 4.78 is 11.0. The average Bonchev–Trinajstić information content (AvgIpc) is 2.37. The fraction of sp³-hybridized carbons (Fsp3) is 0.562. The number of ether oxygens (including phenoxy) is 2. The summed E-state index contributed by atoms with van der Waals surface area (Å²) in [5.41, 5.74) is 1.11. The average molecular weight is 279 g/mol. The zero-order valence-corrected chi connectivity index (χ0v) is 12.8. The van der Waals surface area contributed by atoms with Crippen molar-refractivity contribution in [2.75, 3.05) is 13.2 Å². The Morgan fingerprint density at radius 3 is 2.70 bits per heavy atom. The fourth-order valence-corrected chi connectivity index (χ4v) is 1.69. The first kappa shape index (κ1) is 16.5. The van der Waals surface area contributed by atoms with Crippen molar-refractivity contribution >= 4 is 5.91 Å². The maximum atomic E-state index is 11.9. The number of carbonyl (C=O) groups excluding carboxylic acids is 1. The molecule has 4 nitrogen and oxygen atoms in total. The summed E-state index contributed by atoms with van der Waals surface area (Å²) >= 11 is 0. The number of aryl methyl sites for hydroxylation is 1. The van der Waals surface area contributed by atoms with Gasteiger partial charge in [0.2, 0.25) is 0 Å². The van der Waals surface area contributed by atoms with E-state index in [0.717, 1.165) is 17.7 Å². The Kier molecular flexibility index (Phi) is 7.09. The molecule has 0 aromatic heterocycles. The Balaban J connectivity index is 2.25. The second-order valence-corrected chi connectivity index (χ2v) is 5.14. The van der Waals surface area contributed by atoms with Crippen LogP contribution < -0.4 is 10.1 Å². The van der Waals surface area contributed by atoms with Gasteiger partial charge in [-0.05, 0) is 51.8 Å². The molecule has 1 N–H and O–H groups in total. The van der Waals surface area contributed by atoms with E-state index in [1.807, 2.05) is 45.0 Å². The van der Waals surface area contributed by atoms with Crippen LogP contribution in [0.2, 0.25) is 0 Å². The van der Waals surface area contributed by atoms with Crippen LogP contribution in [-0.4, -0.2) is 31.3 Å². The third-order valence-corrected chi connectivity index (χ3v) is 2.74. The van der Waals surface area contributed by atoms with Crippen molar-refractivity contribution in [3.63, 3.8) is 0 Å². The summed E-state index contributed by atoms with van der Waals surface area (Å²) in [6.45, 7) is 9.00. The number of nitrogens with one attached hydrogen (secondary N) is 1. The molecule has 0 bridgehead atoms. The van der Waals surface area contributed by atoms with Gasteiger partial charge >= 0.3 is 0 Å². The third kappa shape index (κ3) is 6.57. The number of hydrogen-bond donors (Lipinski definition) is 1. The molecule has 0 saturated carbocycles. The number of carbonyl (C=O) groups is 1. The van der Waals surface area contributed by atoms with Gasteiger partial charge in [0.15, 0.2) is 6.10 Å². The number of hydrogen-bond acceptors (Lipinski definition) is 3. The molecule has 112 valence electrons. The zero-order valence-electron chi connectivity index (χ0n) is 12.8. The van der Waals surface area contributed by atoms with Crippen LogP contribution >= 0.6 is 0 Å². The summed E-state index contributed by atoms with van der Waals surface area (Å²) in [5, 5.41) is 2.85. The topological polar surface area (TPSA) is 47.6 Å². The summed E-state index contributed by atoms with van der Waals surface area (Å²) in [5.74, 6) is 0.617. The molecule has 1 aromatic carbocycles. The third-order valence-electron chi connectivity index (χ3n) is 2.74. The number of rotatable bonds is 8. The molecule has 0 unspecified atom stereocenters. The highest BCUT2D eigenvalue weighted by Crippen LogP contribution is 2.14. The van der Waals surface area contributed by atoms with Gasteiger partial charge in [0.25, 0.3) is 5.91 Å². The molecule has 0 aliphatic rings. The molecule has 20 heavy (non-hydrogen) atoms. The lowest BCUT2D eigenvalue weighted by molar-refractivity contribution is -0.127. The second kappa shape index (κ2) is 8.59. The Labute approximate surface area is 121 Å². The van der Waals surface area contributed by atoms with Crippen molar-refractivity contribution in [3.8, 4) is 5.75 Å². The van der Waals surface area contributed by atoms with Crippen molar-refractivity contribution in [3.05, 3.63) is 29.8 Å². The van der Waals surface area contributed by atoms with Crippen molar-refractivity contribution < 1.29 is 14.3 Å². The lowest BCUT2D eigenvalue weighted by atomic mass is 10.2. The largest absolute Gasteiger partial charge is 0.481 e. The van der Waals surface area contributed by atoms with Crippen LogP contribution in [0, 0.1) is 6.92 Å². The van der Waals surface area contributed by atoms with Crippen LogP contribution in [0.3, 0.4) is 0 Å². The minimum atomic E-state index is -0.497. The van der Waals surface area contributed by atoms with Crippen molar-refractivity contribution in [2.45, 2.75) is 46.3 Å². The predicted molar refractivity (Wildman–Crippen MR) is 80.0 cm³/mol. The van der Waals surface area contributed by atoms with E-state index >= 15 is 0 Å². The maximum absolute atomic E-state index is 11.9.